The molecule has 4 rings (SSSR count). The molecule has 1 unspecified atom stereocenters. The molecule has 0 radical (unpaired) electrons. The highest BCUT2D eigenvalue weighted by molar-refractivity contribution is 6.46. The van der Waals surface area contributed by atoms with Crippen LogP contribution in [0.2, 0.25) is 5.02 Å². The molecule has 2 aliphatic rings. The van der Waals surface area contributed by atoms with Crippen molar-refractivity contribution in [1.82, 2.24) is 4.90 Å². The van der Waals surface area contributed by atoms with Crippen LogP contribution in [-0.4, -0.2) is 42.0 Å². The second-order valence-electron chi connectivity index (χ2n) is 7.70. The summed E-state index contributed by atoms with van der Waals surface area (Å²) in [5, 5.41) is 11.5. The molecule has 7 nitrogen and oxygen atoms in total. The fourth-order valence-corrected chi connectivity index (χ4v) is 4.74. The van der Waals surface area contributed by atoms with E-state index in [1.165, 1.54) is 32.6 Å². The van der Waals surface area contributed by atoms with Gasteiger partial charge in [-0.2, -0.15) is 0 Å². The molecule has 1 aromatic carbocycles. The van der Waals surface area contributed by atoms with Crippen LogP contribution in [-0.2, 0) is 9.59 Å². The van der Waals surface area contributed by atoms with Crippen LogP contribution in [0.25, 0.3) is 5.76 Å². The number of halogens is 1. The molecule has 8 heteroatoms. The van der Waals surface area contributed by atoms with Crippen LogP contribution in [0.5, 0.6) is 11.5 Å². The van der Waals surface area contributed by atoms with Gasteiger partial charge in [0.15, 0.2) is 0 Å². The first-order valence-electron chi connectivity index (χ1n) is 10.2. The summed E-state index contributed by atoms with van der Waals surface area (Å²) in [7, 11) is 2.90. The van der Waals surface area contributed by atoms with E-state index < -0.39 is 17.7 Å². The molecule has 1 amide bonds. The third kappa shape index (κ3) is 3.67. The molecule has 1 N–H and O–H groups in total. The summed E-state index contributed by atoms with van der Waals surface area (Å²) in [5.41, 5.74) is 0.163. The molecule has 1 aliphatic carbocycles. The van der Waals surface area contributed by atoms with Crippen molar-refractivity contribution in [2.24, 2.45) is 0 Å². The Hall–Kier alpha value is -2.93. The number of carbonyl (C=O) groups excluding carboxylic acids is 2. The van der Waals surface area contributed by atoms with Gasteiger partial charge in [-0.15, -0.1) is 0 Å². The number of likely N-dealkylation sites (tertiary alicyclic amines) is 1. The van der Waals surface area contributed by atoms with E-state index in [1.807, 2.05) is 0 Å². The lowest BCUT2D eigenvalue weighted by Gasteiger charge is -2.34. The Labute approximate surface area is 185 Å². The smallest absolute Gasteiger partial charge is 0.296 e. The Morgan fingerprint density at radius 3 is 2.45 bits per heavy atom. The van der Waals surface area contributed by atoms with Crippen LogP contribution >= 0.6 is 11.6 Å². The Bertz CT molecular complexity index is 1020. The van der Waals surface area contributed by atoms with Gasteiger partial charge in [-0.05, 0) is 31.0 Å². The third-order valence-corrected chi connectivity index (χ3v) is 6.29. The maximum Gasteiger partial charge on any atom is 0.296 e. The van der Waals surface area contributed by atoms with Gasteiger partial charge in [0.2, 0.25) is 0 Å². The fraction of sp³-hybridized carbons (Fsp3) is 0.391. The van der Waals surface area contributed by atoms with E-state index in [0.29, 0.717) is 11.5 Å². The number of aliphatic hydroxyl groups is 1. The van der Waals surface area contributed by atoms with Crippen molar-refractivity contribution in [3.63, 3.8) is 0 Å². The predicted octanol–water partition coefficient (Wildman–Crippen LogP) is 4.70. The topological polar surface area (TPSA) is 89.2 Å². The number of ketones is 1. The van der Waals surface area contributed by atoms with Crippen molar-refractivity contribution in [3.05, 3.63) is 52.4 Å². The Morgan fingerprint density at radius 1 is 1.13 bits per heavy atom. The minimum atomic E-state index is -0.816. The molecule has 1 aromatic heterocycles. The van der Waals surface area contributed by atoms with Crippen molar-refractivity contribution in [2.45, 2.75) is 44.2 Å². The van der Waals surface area contributed by atoms with Gasteiger partial charge in [0.1, 0.15) is 29.1 Å². The number of hydrogen-bond donors (Lipinski definition) is 1. The van der Waals surface area contributed by atoms with Gasteiger partial charge in [0.25, 0.3) is 11.7 Å². The number of nitrogens with zero attached hydrogens (tertiary/aromatic N) is 1. The van der Waals surface area contributed by atoms with Crippen molar-refractivity contribution >= 4 is 29.1 Å². The normalized spacial score (nSPS) is 21.5. The SMILES string of the molecule is COc1cc(OC)c(/C(O)=C2/C(=O)C(=O)N(C3CCCCC3)C2c2ccco2)cc1Cl. The number of amides is 1. The van der Waals surface area contributed by atoms with Crippen LogP contribution < -0.4 is 9.47 Å². The molecule has 0 spiro atoms. The lowest BCUT2D eigenvalue weighted by Crippen LogP contribution is -2.40. The molecule has 1 aliphatic heterocycles. The number of carbonyl (C=O) groups is 2. The number of Topliss-reactive ketones (excluding diaryl/α,β-unsaturated/α-hetero) is 1. The average molecular weight is 446 g/mol. The van der Waals surface area contributed by atoms with Crippen LogP contribution in [0, 0.1) is 0 Å². The molecule has 31 heavy (non-hydrogen) atoms. The van der Waals surface area contributed by atoms with Crippen molar-refractivity contribution in [3.8, 4) is 11.5 Å². The minimum absolute atomic E-state index is 0.0370. The number of benzene rings is 1. The summed E-state index contributed by atoms with van der Waals surface area (Å²) in [4.78, 5) is 27.8. The maximum absolute atomic E-state index is 13.1. The molecule has 0 bridgehead atoms. The monoisotopic (exact) mass is 445 g/mol. The van der Waals surface area contributed by atoms with Crippen molar-refractivity contribution < 1.29 is 28.6 Å². The Balaban J connectivity index is 1.89. The summed E-state index contributed by atoms with van der Waals surface area (Å²) < 4.78 is 16.2. The molecular weight excluding hydrogens is 422 g/mol. The fourth-order valence-electron chi connectivity index (χ4n) is 4.50. The standard InChI is InChI=1S/C23H24ClNO6/c1-29-17-12-18(30-2)15(24)11-14(17)21(26)19-20(16-9-6-10-31-16)25(23(28)22(19)27)13-7-4-3-5-8-13/h6,9-13,20,26H,3-5,7-8H2,1-2H3/b21-19-. The highest BCUT2D eigenvalue weighted by Crippen LogP contribution is 2.45. The zero-order valence-corrected chi connectivity index (χ0v) is 18.1. The number of rotatable bonds is 5. The van der Waals surface area contributed by atoms with Crippen LogP contribution in [0.3, 0.4) is 0 Å². The molecule has 2 aromatic rings. The predicted molar refractivity (Wildman–Crippen MR) is 114 cm³/mol. The number of hydrogen-bond acceptors (Lipinski definition) is 6. The van der Waals surface area contributed by atoms with Crippen LogP contribution in [0.1, 0.15) is 49.5 Å². The number of aliphatic hydroxyl groups excluding tert-OH is 1. The highest BCUT2D eigenvalue weighted by atomic mass is 35.5. The summed E-state index contributed by atoms with van der Waals surface area (Å²) in [6, 6.07) is 5.48. The summed E-state index contributed by atoms with van der Waals surface area (Å²) >= 11 is 6.27. The molecular formula is C23H24ClNO6. The number of ether oxygens (including phenoxy) is 2. The van der Waals surface area contributed by atoms with Gasteiger partial charge >= 0.3 is 0 Å². The number of methoxy groups -OCH3 is 2. The van der Waals surface area contributed by atoms with Crippen LogP contribution in [0.4, 0.5) is 0 Å². The van der Waals surface area contributed by atoms with E-state index >= 15 is 0 Å². The van der Waals surface area contributed by atoms with Gasteiger partial charge in [-0.25, -0.2) is 0 Å². The first-order chi connectivity index (χ1) is 15.0. The van der Waals surface area contributed by atoms with E-state index in [2.05, 4.69) is 0 Å². The molecule has 1 saturated heterocycles. The van der Waals surface area contributed by atoms with Crippen LogP contribution in [0.15, 0.2) is 40.5 Å². The summed E-state index contributed by atoms with van der Waals surface area (Å²) in [5.74, 6) is -0.697. The van der Waals surface area contributed by atoms with Crippen molar-refractivity contribution in [2.75, 3.05) is 14.2 Å². The summed E-state index contributed by atoms with van der Waals surface area (Å²) in [6.07, 6.45) is 6.18. The van der Waals surface area contributed by atoms with Gasteiger partial charge in [-0.3, -0.25) is 9.59 Å². The average Bonchev–Trinajstić information content (AvgIpc) is 3.40. The van der Waals surface area contributed by atoms with E-state index in [1.54, 1.807) is 17.0 Å². The quantitative estimate of drug-likeness (QED) is 0.407. The lowest BCUT2D eigenvalue weighted by atomic mass is 9.92. The largest absolute Gasteiger partial charge is 0.507 e. The zero-order chi connectivity index (χ0) is 22.1. The van der Waals surface area contributed by atoms with E-state index in [4.69, 9.17) is 25.5 Å². The zero-order valence-electron chi connectivity index (χ0n) is 17.4. The summed E-state index contributed by atoms with van der Waals surface area (Å²) in [6.45, 7) is 0. The molecule has 1 saturated carbocycles. The Kier molecular flexibility index (Phi) is 5.96. The maximum atomic E-state index is 13.1. The van der Waals surface area contributed by atoms with E-state index in [9.17, 15) is 14.7 Å². The second kappa shape index (κ2) is 8.67. The third-order valence-electron chi connectivity index (χ3n) is 5.99. The number of furan rings is 1. The van der Waals surface area contributed by atoms with Gasteiger partial charge in [0, 0.05) is 12.1 Å². The van der Waals surface area contributed by atoms with E-state index in [0.717, 1.165) is 32.1 Å². The van der Waals surface area contributed by atoms with Gasteiger partial charge < -0.3 is 23.9 Å². The lowest BCUT2D eigenvalue weighted by molar-refractivity contribution is -0.142. The van der Waals surface area contributed by atoms with Crippen molar-refractivity contribution in [1.29, 1.82) is 0 Å². The molecule has 2 heterocycles. The molecule has 2 fully saturated rings. The van der Waals surface area contributed by atoms with Gasteiger partial charge in [-0.1, -0.05) is 30.9 Å². The molecule has 1 atom stereocenters. The Morgan fingerprint density at radius 2 is 1.84 bits per heavy atom. The van der Waals surface area contributed by atoms with E-state index in [-0.39, 0.29) is 33.7 Å². The van der Waals surface area contributed by atoms with Gasteiger partial charge in [0.05, 0.1) is 36.6 Å². The first kappa shape index (κ1) is 21.3. The first-order valence-corrected chi connectivity index (χ1v) is 10.6. The second-order valence-corrected chi connectivity index (χ2v) is 8.11. The molecule has 164 valence electrons. The highest BCUT2D eigenvalue weighted by Gasteiger charge is 2.50. The minimum Gasteiger partial charge on any atom is -0.507 e.